The Morgan fingerprint density at radius 1 is 1.23 bits per heavy atom. The van der Waals surface area contributed by atoms with Crippen molar-refractivity contribution in [3.8, 4) is 5.75 Å². The second kappa shape index (κ2) is 6.96. The van der Waals surface area contributed by atoms with Crippen molar-refractivity contribution in [3.63, 3.8) is 0 Å². The lowest BCUT2D eigenvalue weighted by molar-refractivity contribution is 0.0692. The molecule has 0 amide bonds. The highest BCUT2D eigenvalue weighted by Gasteiger charge is 2.34. The minimum Gasteiger partial charge on any atom is -0.483 e. The maximum atomic E-state index is 12.7. The molecule has 0 saturated heterocycles. The van der Waals surface area contributed by atoms with Gasteiger partial charge in [-0.25, -0.2) is 4.79 Å². The predicted molar refractivity (Wildman–Crippen MR) is 96.6 cm³/mol. The molecule has 2 aliphatic rings. The van der Waals surface area contributed by atoms with Crippen molar-refractivity contribution in [3.05, 3.63) is 63.6 Å². The summed E-state index contributed by atoms with van der Waals surface area (Å²) in [5, 5.41) is 13.0. The molecule has 6 nitrogen and oxygen atoms in total. The van der Waals surface area contributed by atoms with E-state index < -0.39 is 11.4 Å². The number of hydrogen-bond donors (Lipinski definition) is 2. The lowest BCUT2D eigenvalue weighted by Crippen LogP contribution is -2.46. The van der Waals surface area contributed by atoms with E-state index in [0.717, 1.165) is 30.5 Å². The van der Waals surface area contributed by atoms with Gasteiger partial charge in [0.25, 0.3) is 0 Å². The lowest BCUT2D eigenvalue weighted by Gasteiger charge is -2.40. The summed E-state index contributed by atoms with van der Waals surface area (Å²) in [7, 11) is 0. The minimum absolute atomic E-state index is 0.158. The zero-order valence-corrected chi connectivity index (χ0v) is 14.5. The number of rotatable bonds is 4. The number of benzene rings is 1. The summed E-state index contributed by atoms with van der Waals surface area (Å²) in [6, 6.07) is 10.1. The van der Waals surface area contributed by atoms with Crippen LogP contribution in [-0.2, 0) is 13.2 Å². The van der Waals surface area contributed by atoms with Gasteiger partial charge in [-0.2, -0.15) is 0 Å². The lowest BCUT2D eigenvalue weighted by atomic mass is 9.88. The van der Waals surface area contributed by atoms with Crippen LogP contribution in [0.2, 0.25) is 0 Å². The van der Waals surface area contributed by atoms with Gasteiger partial charge >= 0.3 is 5.97 Å². The number of nitrogens with zero attached hydrogens (tertiary/aromatic N) is 1. The van der Waals surface area contributed by atoms with Crippen molar-refractivity contribution in [2.24, 2.45) is 0 Å². The third kappa shape index (κ3) is 3.01. The average Bonchev–Trinajstić information content (AvgIpc) is 2.67. The summed E-state index contributed by atoms with van der Waals surface area (Å²) in [6.07, 6.45) is 5.84. The summed E-state index contributed by atoms with van der Waals surface area (Å²) in [6.45, 7) is 0.751. The zero-order valence-electron chi connectivity index (χ0n) is 14.5. The minimum atomic E-state index is -1.21. The quantitative estimate of drug-likeness (QED) is 0.882. The second-order valence-electron chi connectivity index (χ2n) is 6.97. The Morgan fingerprint density at radius 3 is 2.77 bits per heavy atom. The van der Waals surface area contributed by atoms with Gasteiger partial charge in [-0.15, -0.1) is 0 Å². The zero-order chi connectivity index (χ0) is 18.1. The Hall–Kier alpha value is -2.60. The van der Waals surface area contributed by atoms with Crippen molar-refractivity contribution >= 4 is 5.97 Å². The molecule has 1 fully saturated rings. The maximum Gasteiger partial charge on any atom is 0.341 e. The van der Waals surface area contributed by atoms with Gasteiger partial charge in [0.2, 0.25) is 5.43 Å². The van der Waals surface area contributed by atoms with E-state index in [1.54, 1.807) is 0 Å². The van der Waals surface area contributed by atoms with Crippen LogP contribution < -0.4 is 15.5 Å². The van der Waals surface area contributed by atoms with E-state index in [9.17, 15) is 14.7 Å². The van der Waals surface area contributed by atoms with Crippen LogP contribution in [0.1, 0.15) is 53.3 Å². The fraction of sp³-hybridized carbons (Fsp3) is 0.400. The van der Waals surface area contributed by atoms with Crippen LogP contribution >= 0.6 is 0 Å². The Morgan fingerprint density at radius 2 is 2.00 bits per heavy atom. The molecule has 1 aromatic heterocycles. The molecular weight excluding hydrogens is 332 g/mol. The smallest absolute Gasteiger partial charge is 0.341 e. The predicted octanol–water partition coefficient (Wildman–Crippen LogP) is 2.71. The van der Waals surface area contributed by atoms with Crippen LogP contribution in [-0.4, -0.2) is 21.7 Å². The van der Waals surface area contributed by atoms with E-state index in [2.05, 4.69) is 5.32 Å². The molecule has 1 aliphatic heterocycles. The molecule has 2 atom stereocenters. The number of pyridine rings is 1. The fourth-order valence-corrected chi connectivity index (χ4v) is 4.05. The molecule has 2 N–H and O–H groups in total. The summed E-state index contributed by atoms with van der Waals surface area (Å²) in [4.78, 5) is 24.3. The topological polar surface area (TPSA) is 80.6 Å². The number of hydrogen-bond acceptors (Lipinski definition) is 4. The number of carboxylic acids is 1. The molecule has 0 unspecified atom stereocenters. The van der Waals surface area contributed by atoms with E-state index in [0.29, 0.717) is 12.6 Å². The van der Waals surface area contributed by atoms with Crippen LogP contribution in [0.3, 0.4) is 0 Å². The Balaban J connectivity index is 1.76. The monoisotopic (exact) mass is 354 g/mol. The Labute approximate surface area is 151 Å². The first-order valence-corrected chi connectivity index (χ1v) is 9.06. The highest BCUT2D eigenvalue weighted by atomic mass is 16.5. The Kier molecular flexibility index (Phi) is 4.51. The number of carbonyl (C=O) groups is 1. The van der Waals surface area contributed by atoms with Crippen LogP contribution in [0.4, 0.5) is 0 Å². The first-order valence-electron chi connectivity index (χ1n) is 9.06. The van der Waals surface area contributed by atoms with E-state index in [4.69, 9.17) is 4.74 Å². The summed E-state index contributed by atoms with van der Waals surface area (Å²) in [5.74, 6) is -1.05. The van der Waals surface area contributed by atoms with Gasteiger partial charge in [0.1, 0.15) is 12.2 Å². The average molecular weight is 354 g/mol. The van der Waals surface area contributed by atoms with E-state index in [1.165, 1.54) is 12.6 Å². The van der Waals surface area contributed by atoms with Crippen molar-refractivity contribution in [1.82, 2.24) is 9.88 Å². The number of fused-ring (bicyclic) bond motifs is 3. The molecule has 1 aromatic carbocycles. The largest absolute Gasteiger partial charge is 0.483 e. The summed E-state index contributed by atoms with van der Waals surface area (Å²) >= 11 is 0. The molecule has 0 radical (unpaired) electrons. The molecule has 26 heavy (non-hydrogen) atoms. The number of carboxylic acid groups (broad SMARTS) is 1. The van der Waals surface area contributed by atoms with Gasteiger partial charge in [0.15, 0.2) is 5.75 Å². The van der Waals surface area contributed by atoms with Gasteiger partial charge in [0, 0.05) is 24.8 Å². The molecule has 1 aliphatic carbocycles. The summed E-state index contributed by atoms with van der Waals surface area (Å²) < 4.78 is 7.83. The molecule has 0 bridgehead atoms. The molecule has 1 saturated carbocycles. The normalized spacial score (nSPS) is 21.5. The third-order valence-corrected chi connectivity index (χ3v) is 5.37. The van der Waals surface area contributed by atoms with Crippen LogP contribution in [0, 0.1) is 0 Å². The maximum absolute atomic E-state index is 12.7. The SMILES string of the molecule is O=C(O)c1cn2c(c(OCc3ccccc3)c1=O)CN[C@@H]1CCCC[C@@H]12. The van der Waals surface area contributed by atoms with Gasteiger partial charge < -0.3 is 19.7 Å². The third-order valence-electron chi connectivity index (χ3n) is 5.37. The molecule has 0 spiro atoms. The van der Waals surface area contributed by atoms with E-state index in [1.807, 2.05) is 34.9 Å². The molecule has 6 heteroatoms. The van der Waals surface area contributed by atoms with Crippen molar-refractivity contribution in [2.45, 2.75) is 50.9 Å². The Bertz CT molecular complexity index is 875. The molecule has 2 aromatic rings. The number of nitrogens with one attached hydrogen (secondary N) is 1. The first-order chi connectivity index (χ1) is 12.6. The van der Waals surface area contributed by atoms with Crippen LogP contribution in [0.5, 0.6) is 5.75 Å². The molecular formula is C20H22N2O4. The molecule has 4 rings (SSSR count). The number of aromatic carboxylic acids is 1. The van der Waals surface area contributed by atoms with Crippen molar-refractivity contribution < 1.29 is 14.6 Å². The summed E-state index contributed by atoms with van der Waals surface area (Å²) in [5.41, 5.74) is 0.920. The van der Waals surface area contributed by atoms with Gasteiger partial charge in [-0.1, -0.05) is 43.2 Å². The fourth-order valence-electron chi connectivity index (χ4n) is 4.05. The number of aromatic nitrogens is 1. The van der Waals surface area contributed by atoms with Gasteiger partial charge in [-0.05, 0) is 18.4 Å². The van der Waals surface area contributed by atoms with E-state index >= 15 is 0 Å². The van der Waals surface area contributed by atoms with Gasteiger partial charge in [-0.3, -0.25) is 4.79 Å². The van der Waals surface area contributed by atoms with Crippen molar-refractivity contribution in [2.75, 3.05) is 0 Å². The molecule has 136 valence electrons. The first kappa shape index (κ1) is 16.8. The standard InChI is InChI=1S/C20H22N2O4/c23-18-14(20(24)25)11-22-16-9-5-4-8-15(16)21-10-17(22)19(18)26-12-13-6-2-1-3-7-13/h1-3,6-7,11,15-16,21H,4-5,8-10,12H2,(H,24,25)/t15-,16+/m1/s1. The van der Waals surface area contributed by atoms with Gasteiger partial charge in [0.05, 0.1) is 5.69 Å². The van der Waals surface area contributed by atoms with Crippen molar-refractivity contribution in [1.29, 1.82) is 0 Å². The number of ether oxygens (including phenoxy) is 1. The van der Waals surface area contributed by atoms with Crippen LogP contribution in [0.25, 0.3) is 0 Å². The highest BCUT2D eigenvalue weighted by Crippen LogP contribution is 2.35. The molecule has 2 heterocycles. The highest BCUT2D eigenvalue weighted by molar-refractivity contribution is 5.87. The second-order valence-corrected chi connectivity index (χ2v) is 6.97. The van der Waals surface area contributed by atoms with Crippen LogP contribution in [0.15, 0.2) is 41.3 Å². The van der Waals surface area contributed by atoms with E-state index in [-0.39, 0.29) is 24.0 Å².